The molecule has 0 radical (unpaired) electrons. The van der Waals surface area contributed by atoms with E-state index >= 15 is 0 Å². The second-order valence-corrected chi connectivity index (χ2v) is 4.32. The first-order chi connectivity index (χ1) is 9.04. The Morgan fingerprint density at radius 1 is 1.37 bits per heavy atom. The Hall–Kier alpha value is -2.02. The average Bonchev–Trinajstić information content (AvgIpc) is 2.42. The zero-order chi connectivity index (χ0) is 14.3. The number of aromatic nitrogens is 1. The summed E-state index contributed by atoms with van der Waals surface area (Å²) in [6.45, 7) is 2.21. The van der Waals surface area contributed by atoms with Crippen molar-refractivity contribution < 1.29 is 9.59 Å². The molecular formula is C12H16N4O2S. The summed E-state index contributed by atoms with van der Waals surface area (Å²) in [6, 6.07) is 3.76. The van der Waals surface area contributed by atoms with Crippen molar-refractivity contribution in [2.24, 2.45) is 5.73 Å². The molecule has 6 nitrogen and oxygen atoms in total. The van der Waals surface area contributed by atoms with Gasteiger partial charge in [0.1, 0.15) is 0 Å². The van der Waals surface area contributed by atoms with Gasteiger partial charge in [-0.1, -0.05) is 25.2 Å². The minimum atomic E-state index is -0.762. The number of nitrogens with one attached hydrogen (secondary N) is 2. The third-order valence-corrected chi connectivity index (χ3v) is 2.56. The minimum Gasteiger partial charge on any atom is -0.392 e. The number of amides is 2. The van der Waals surface area contributed by atoms with Crippen LogP contribution >= 0.6 is 12.2 Å². The van der Waals surface area contributed by atoms with Gasteiger partial charge < -0.3 is 16.4 Å². The maximum absolute atomic E-state index is 11.5. The maximum Gasteiger partial charge on any atom is 0.309 e. The van der Waals surface area contributed by atoms with Crippen LogP contribution in [0.5, 0.6) is 0 Å². The molecule has 19 heavy (non-hydrogen) atoms. The van der Waals surface area contributed by atoms with E-state index in [9.17, 15) is 9.59 Å². The maximum atomic E-state index is 11.5. The van der Waals surface area contributed by atoms with Crippen LogP contribution in [0, 0.1) is 0 Å². The van der Waals surface area contributed by atoms with Crippen LogP contribution in [-0.2, 0) is 22.6 Å². The van der Waals surface area contributed by atoms with E-state index in [1.165, 1.54) is 0 Å². The Morgan fingerprint density at radius 3 is 2.68 bits per heavy atom. The number of hydrogen-bond donors (Lipinski definition) is 3. The number of hydrogen-bond acceptors (Lipinski definition) is 4. The van der Waals surface area contributed by atoms with Crippen molar-refractivity contribution in [3.05, 3.63) is 29.6 Å². The van der Waals surface area contributed by atoms with Crippen LogP contribution in [0.15, 0.2) is 18.3 Å². The van der Waals surface area contributed by atoms with Gasteiger partial charge in [0.2, 0.25) is 0 Å². The van der Waals surface area contributed by atoms with E-state index in [0.29, 0.717) is 0 Å². The number of carbonyl (C=O) groups excluding carboxylic acids is 2. The number of rotatable bonds is 5. The molecule has 0 saturated heterocycles. The van der Waals surface area contributed by atoms with E-state index in [1.807, 2.05) is 19.1 Å². The van der Waals surface area contributed by atoms with Crippen LogP contribution in [0.1, 0.15) is 18.2 Å². The third-order valence-electron chi connectivity index (χ3n) is 2.41. The average molecular weight is 280 g/mol. The van der Waals surface area contributed by atoms with Gasteiger partial charge >= 0.3 is 11.8 Å². The highest BCUT2D eigenvalue weighted by molar-refractivity contribution is 7.80. The lowest BCUT2D eigenvalue weighted by atomic mass is 10.1. The molecule has 2 amide bonds. The van der Waals surface area contributed by atoms with E-state index in [1.54, 1.807) is 6.20 Å². The number of carbonyl (C=O) groups is 2. The van der Waals surface area contributed by atoms with Gasteiger partial charge in [-0.05, 0) is 18.1 Å². The van der Waals surface area contributed by atoms with Crippen molar-refractivity contribution in [1.82, 2.24) is 15.6 Å². The molecule has 102 valence electrons. The first-order valence-electron chi connectivity index (χ1n) is 5.81. The SMILES string of the molecule is CCc1cccnc1CNC(=O)C(=O)NCC(N)=S. The summed E-state index contributed by atoms with van der Waals surface area (Å²) in [5.74, 6) is -1.49. The molecule has 0 fully saturated rings. The van der Waals surface area contributed by atoms with Crippen molar-refractivity contribution >= 4 is 29.0 Å². The highest BCUT2D eigenvalue weighted by Gasteiger charge is 2.13. The normalized spacial score (nSPS) is 9.74. The van der Waals surface area contributed by atoms with Crippen LogP contribution in [0.25, 0.3) is 0 Å². The van der Waals surface area contributed by atoms with Crippen molar-refractivity contribution in [1.29, 1.82) is 0 Å². The molecule has 1 aromatic heterocycles. The summed E-state index contributed by atoms with van der Waals surface area (Å²) in [6.07, 6.45) is 2.46. The van der Waals surface area contributed by atoms with Crippen LogP contribution in [-0.4, -0.2) is 28.3 Å². The first-order valence-corrected chi connectivity index (χ1v) is 6.22. The highest BCUT2D eigenvalue weighted by atomic mass is 32.1. The molecule has 1 heterocycles. The van der Waals surface area contributed by atoms with E-state index in [0.717, 1.165) is 17.7 Å². The number of aryl methyl sites for hydroxylation is 1. The summed E-state index contributed by atoms with van der Waals surface area (Å²) >= 11 is 4.60. The lowest BCUT2D eigenvalue weighted by Crippen LogP contribution is -2.42. The van der Waals surface area contributed by atoms with E-state index in [4.69, 9.17) is 5.73 Å². The Labute approximate surface area is 116 Å². The third kappa shape index (κ3) is 5.01. The van der Waals surface area contributed by atoms with Gasteiger partial charge in [-0.25, -0.2) is 0 Å². The van der Waals surface area contributed by atoms with Crippen LogP contribution in [0.4, 0.5) is 0 Å². The fourth-order valence-corrected chi connectivity index (χ4v) is 1.52. The summed E-state index contributed by atoms with van der Waals surface area (Å²) in [4.78, 5) is 27.1. The first kappa shape index (κ1) is 15.0. The molecule has 7 heteroatoms. The Balaban J connectivity index is 2.49. The zero-order valence-electron chi connectivity index (χ0n) is 10.6. The quantitative estimate of drug-likeness (QED) is 0.506. The molecule has 0 aromatic carbocycles. The predicted molar refractivity (Wildman–Crippen MR) is 75.3 cm³/mol. The molecule has 0 aliphatic heterocycles. The molecule has 0 unspecified atom stereocenters. The smallest absolute Gasteiger partial charge is 0.309 e. The molecular weight excluding hydrogens is 264 g/mol. The van der Waals surface area contributed by atoms with Gasteiger partial charge in [-0.3, -0.25) is 14.6 Å². The number of thiocarbonyl (C=S) groups is 1. The highest BCUT2D eigenvalue weighted by Crippen LogP contribution is 2.05. The molecule has 0 spiro atoms. The Bertz CT molecular complexity index is 490. The van der Waals surface area contributed by atoms with Gasteiger partial charge in [0.05, 0.1) is 23.8 Å². The fourth-order valence-electron chi connectivity index (χ4n) is 1.44. The second-order valence-electron chi connectivity index (χ2n) is 3.79. The van der Waals surface area contributed by atoms with Gasteiger partial charge in [-0.2, -0.15) is 0 Å². The Morgan fingerprint density at radius 2 is 2.05 bits per heavy atom. The van der Waals surface area contributed by atoms with E-state index in [2.05, 4.69) is 27.8 Å². The van der Waals surface area contributed by atoms with Crippen LogP contribution < -0.4 is 16.4 Å². The monoisotopic (exact) mass is 280 g/mol. The van der Waals surface area contributed by atoms with Crippen molar-refractivity contribution in [3.63, 3.8) is 0 Å². The number of nitrogens with zero attached hydrogens (tertiary/aromatic N) is 1. The molecule has 0 atom stereocenters. The standard InChI is InChI=1S/C12H16N4O2S/c1-2-8-4-3-5-14-9(8)6-15-11(17)12(18)16-7-10(13)19/h3-5H,2,6-7H2,1H3,(H2,13,19)(H,15,17)(H,16,18). The van der Waals surface area contributed by atoms with Gasteiger partial charge in [0, 0.05) is 6.20 Å². The van der Waals surface area contributed by atoms with Crippen LogP contribution in [0.3, 0.4) is 0 Å². The predicted octanol–water partition coefficient (Wildman–Crippen LogP) is -0.337. The topological polar surface area (TPSA) is 97.1 Å². The summed E-state index contributed by atoms with van der Waals surface area (Å²) in [5, 5.41) is 4.81. The molecule has 0 aliphatic rings. The Kier molecular flexibility index (Phi) is 5.87. The van der Waals surface area contributed by atoms with E-state index < -0.39 is 11.8 Å². The molecule has 0 bridgehead atoms. The summed E-state index contributed by atoms with van der Waals surface area (Å²) in [7, 11) is 0. The van der Waals surface area contributed by atoms with Crippen LogP contribution in [0.2, 0.25) is 0 Å². The largest absolute Gasteiger partial charge is 0.392 e. The van der Waals surface area contributed by atoms with Crippen molar-refractivity contribution in [2.75, 3.05) is 6.54 Å². The van der Waals surface area contributed by atoms with Gasteiger partial charge in [0.15, 0.2) is 0 Å². The summed E-state index contributed by atoms with van der Waals surface area (Å²) < 4.78 is 0. The molecule has 4 N–H and O–H groups in total. The molecule has 0 aliphatic carbocycles. The zero-order valence-corrected chi connectivity index (χ0v) is 11.4. The van der Waals surface area contributed by atoms with E-state index in [-0.39, 0.29) is 18.1 Å². The number of pyridine rings is 1. The number of nitrogens with two attached hydrogens (primary N) is 1. The van der Waals surface area contributed by atoms with Gasteiger partial charge in [-0.15, -0.1) is 0 Å². The minimum absolute atomic E-state index is 0.00534. The molecule has 1 rings (SSSR count). The molecule has 0 saturated carbocycles. The fraction of sp³-hybridized carbons (Fsp3) is 0.333. The lowest BCUT2D eigenvalue weighted by molar-refractivity contribution is -0.139. The van der Waals surface area contributed by atoms with Crippen molar-refractivity contribution in [3.8, 4) is 0 Å². The summed E-state index contributed by atoms with van der Waals surface area (Å²) in [5.41, 5.74) is 7.00. The molecule has 1 aromatic rings. The lowest BCUT2D eigenvalue weighted by Gasteiger charge is -2.08. The second kappa shape index (κ2) is 7.42. The van der Waals surface area contributed by atoms with Crippen molar-refractivity contribution in [2.45, 2.75) is 19.9 Å². The van der Waals surface area contributed by atoms with Gasteiger partial charge in [0.25, 0.3) is 0 Å².